The van der Waals surface area contributed by atoms with Gasteiger partial charge >= 0.3 is 5.97 Å². The maximum Gasteiger partial charge on any atom is 0.327 e. The lowest BCUT2D eigenvalue weighted by Crippen LogP contribution is -2.50. The maximum absolute atomic E-state index is 10.9. The summed E-state index contributed by atoms with van der Waals surface area (Å²) in [5.74, 6) is -1.35. The van der Waals surface area contributed by atoms with Crippen molar-refractivity contribution in [2.45, 2.75) is 39.8 Å². The number of nitrogens with zero attached hydrogens (tertiary/aromatic N) is 1. The fraction of sp³-hybridized carbons (Fsp3) is 0.833. The molecule has 1 amide bonds. The van der Waals surface area contributed by atoms with E-state index in [1.165, 1.54) is 6.92 Å². The smallest absolute Gasteiger partial charge is 0.327 e. The lowest BCUT2D eigenvalue weighted by Gasteiger charge is -2.24. The lowest BCUT2D eigenvalue weighted by atomic mass is 10.2. The summed E-state index contributed by atoms with van der Waals surface area (Å²) in [6.45, 7) is 10.5. The van der Waals surface area contributed by atoms with Gasteiger partial charge < -0.3 is 20.6 Å². The van der Waals surface area contributed by atoms with Gasteiger partial charge in [-0.3, -0.25) is 4.79 Å². The van der Waals surface area contributed by atoms with Gasteiger partial charge in [-0.25, -0.2) is 4.79 Å². The molecule has 6 heteroatoms. The SMILES string of the molecule is CCN(CC)CC(C)NCC(NC(C)=O)C(=O)O. The van der Waals surface area contributed by atoms with Crippen molar-refractivity contribution in [1.82, 2.24) is 15.5 Å². The third-order valence-corrected chi connectivity index (χ3v) is 2.77. The zero-order valence-electron chi connectivity index (χ0n) is 11.7. The number of likely N-dealkylation sites (N-methyl/N-ethyl adjacent to an activating group) is 1. The Morgan fingerprint density at radius 2 is 1.83 bits per heavy atom. The molecule has 0 aliphatic rings. The van der Waals surface area contributed by atoms with E-state index >= 15 is 0 Å². The van der Waals surface area contributed by atoms with Crippen LogP contribution in [0.5, 0.6) is 0 Å². The first kappa shape index (κ1) is 16.9. The summed E-state index contributed by atoms with van der Waals surface area (Å²) >= 11 is 0. The van der Waals surface area contributed by atoms with Crippen LogP contribution in [-0.2, 0) is 9.59 Å². The van der Waals surface area contributed by atoms with Crippen molar-refractivity contribution in [3.63, 3.8) is 0 Å². The van der Waals surface area contributed by atoms with Crippen molar-refractivity contribution < 1.29 is 14.7 Å². The molecule has 0 aromatic carbocycles. The molecule has 0 saturated carbocycles. The first-order chi connectivity index (χ1) is 8.40. The monoisotopic (exact) mass is 259 g/mol. The number of aliphatic carboxylic acids is 1. The summed E-state index contributed by atoms with van der Waals surface area (Å²) in [4.78, 5) is 24.0. The molecule has 2 unspecified atom stereocenters. The highest BCUT2D eigenvalue weighted by Gasteiger charge is 2.19. The van der Waals surface area contributed by atoms with E-state index in [1.807, 2.05) is 6.92 Å². The Morgan fingerprint density at radius 1 is 1.28 bits per heavy atom. The second kappa shape index (κ2) is 8.88. The van der Waals surface area contributed by atoms with Gasteiger partial charge in [-0.15, -0.1) is 0 Å². The predicted octanol–water partition coefficient (Wildman–Crippen LogP) is -0.104. The summed E-state index contributed by atoms with van der Waals surface area (Å²) < 4.78 is 0. The zero-order valence-corrected chi connectivity index (χ0v) is 11.7. The molecule has 6 nitrogen and oxygen atoms in total. The van der Waals surface area contributed by atoms with Crippen molar-refractivity contribution in [2.24, 2.45) is 0 Å². The second-order valence-electron chi connectivity index (χ2n) is 4.39. The molecule has 0 fully saturated rings. The fourth-order valence-electron chi connectivity index (χ4n) is 1.70. The highest BCUT2D eigenvalue weighted by molar-refractivity contribution is 5.82. The first-order valence-electron chi connectivity index (χ1n) is 6.36. The maximum atomic E-state index is 10.9. The highest BCUT2D eigenvalue weighted by atomic mass is 16.4. The molecule has 0 spiro atoms. The average molecular weight is 259 g/mol. The predicted molar refractivity (Wildman–Crippen MR) is 70.5 cm³/mol. The number of hydrogen-bond acceptors (Lipinski definition) is 4. The van der Waals surface area contributed by atoms with Crippen molar-refractivity contribution in [1.29, 1.82) is 0 Å². The number of nitrogens with one attached hydrogen (secondary N) is 2. The number of amides is 1. The van der Waals surface area contributed by atoms with E-state index < -0.39 is 12.0 Å². The van der Waals surface area contributed by atoms with Crippen LogP contribution in [0.15, 0.2) is 0 Å². The van der Waals surface area contributed by atoms with Crippen LogP contribution in [0, 0.1) is 0 Å². The van der Waals surface area contributed by atoms with Crippen molar-refractivity contribution in [3.8, 4) is 0 Å². The average Bonchev–Trinajstić information content (AvgIpc) is 2.30. The van der Waals surface area contributed by atoms with Gasteiger partial charge in [0.1, 0.15) is 6.04 Å². The molecule has 0 bridgehead atoms. The molecule has 0 aromatic rings. The van der Waals surface area contributed by atoms with Crippen LogP contribution in [0.4, 0.5) is 0 Å². The van der Waals surface area contributed by atoms with Crippen LogP contribution in [0.25, 0.3) is 0 Å². The van der Waals surface area contributed by atoms with Crippen molar-refractivity contribution >= 4 is 11.9 Å². The topological polar surface area (TPSA) is 81.7 Å². The van der Waals surface area contributed by atoms with Gasteiger partial charge in [0.25, 0.3) is 0 Å². The number of carbonyl (C=O) groups is 2. The Kier molecular flexibility index (Phi) is 8.32. The minimum absolute atomic E-state index is 0.181. The van der Waals surface area contributed by atoms with Gasteiger partial charge in [0.15, 0.2) is 0 Å². The zero-order chi connectivity index (χ0) is 14.1. The Bertz CT molecular complexity index is 267. The molecule has 0 heterocycles. The molecule has 0 radical (unpaired) electrons. The van der Waals surface area contributed by atoms with Gasteiger partial charge in [0.2, 0.25) is 5.91 Å². The normalized spacial score (nSPS) is 14.3. The lowest BCUT2D eigenvalue weighted by molar-refractivity contribution is -0.141. The Balaban J connectivity index is 4.10. The number of rotatable bonds is 9. The molecule has 0 rings (SSSR count). The van der Waals surface area contributed by atoms with Crippen LogP contribution in [-0.4, -0.2) is 60.1 Å². The third-order valence-electron chi connectivity index (χ3n) is 2.77. The molecule has 3 N–H and O–H groups in total. The van der Waals surface area contributed by atoms with E-state index in [9.17, 15) is 9.59 Å². The molecule has 2 atom stereocenters. The molecule has 106 valence electrons. The number of carboxylic acids is 1. The molecular formula is C12H25N3O3. The summed E-state index contributed by atoms with van der Waals surface area (Å²) in [7, 11) is 0. The second-order valence-corrected chi connectivity index (χ2v) is 4.39. The number of hydrogen-bond donors (Lipinski definition) is 3. The van der Waals surface area contributed by atoms with Crippen LogP contribution < -0.4 is 10.6 Å². The molecule has 0 aliphatic carbocycles. The number of carbonyl (C=O) groups excluding carboxylic acids is 1. The van der Waals surface area contributed by atoms with Crippen molar-refractivity contribution in [2.75, 3.05) is 26.2 Å². The van der Waals surface area contributed by atoms with Gasteiger partial charge in [-0.1, -0.05) is 13.8 Å². The van der Waals surface area contributed by atoms with E-state index in [-0.39, 0.29) is 18.5 Å². The Labute approximate surface area is 109 Å². The summed E-state index contributed by atoms with van der Waals surface area (Å²) in [5, 5.41) is 14.5. The van der Waals surface area contributed by atoms with Gasteiger partial charge in [-0.2, -0.15) is 0 Å². The number of carboxylic acid groups (broad SMARTS) is 1. The minimum Gasteiger partial charge on any atom is -0.480 e. The van der Waals surface area contributed by atoms with Crippen LogP contribution >= 0.6 is 0 Å². The van der Waals surface area contributed by atoms with E-state index in [1.54, 1.807) is 0 Å². The Morgan fingerprint density at radius 3 is 2.22 bits per heavy atom. The van der Waals surface area contributed by atoms with Gasteiger partial charge in [-0.05, 0) is 20.0 Å². The van der Waals surface area contributed by atoms with E-state index in [0.717, 1.165) is 19.6 Å². The molecule has 18 heavy (non-hydrogen) atoms. The molecular weight excluding hydrogens is 234 g/mol. The largest absolute Gasteiger partial charge is 0.480 e. The standard InChI is InChI=1S/C12H25N3O3/c1-5-15(6-2)8-9(3)13-7-11(12(17)18)14-10(4)16/h9,11,13H,5-8H2,1-4H3,(H,14,16)(H,17,18). The third kappa shape index (κ3) is 7.24. The van der Waals surface area contributed by atoms with Crippen LogP contribution in [0.1, 0.15) is 27.7 Å². The molecule has 0 aliphatic heterocycles. The van der Waals surface area contributed by atoms with Gasteiger partial charge in [0, 0.05) is 26.1 Å². The van der Waals surface area contributed by atoms with E-state index in [2.05, 4.69) is 29.4 Å². The Hall–Kier alpha value is -1.14. The van der Waals surface area contributed by atoms with Crippen molar-refractivity contribution in [3.05, 3.63) is 0 Å². The summed E-state index contributed by atoms with van der Waals surface area (Å²) in [6, 6.07) is -0.692. The van der Waals surface area contributed by atoms with Crippen LogP contribution in [0.2, 0.25) is 0 Å². The molecule has 0 saturated heterocycles. The first-order valence-corrected chi connectivity index (χ1v) is 6.36. The van der Waals surface area contributed by atoms with Gasteiger partial charge in [0.05, 0.1) is 0 Å². The minimum atomic E-state index is -1.02. The quantitative estimate of drug-likeness (QED) is 0.538. The van der Waals surface area contributed by atoms with E-state index in [4.69, 9.17) is 5.11 Å². The fourth-order valence-corrected chi connectivity index (χ4v) is 1.70. The summed E-state index contributed by atoms with van der Waals surface area (Å²) in [6.07, 6.45) is 0. The van der Waals surface area contributed by atoms with Crippen LogP contribution in [0.3, 0.4) is 0 Å². The highest BCUT2D eigenvalue weighted by Crippen LogP contribution is 1.92. The molecule has 0 aromatic heterocycles. The summed E-state index contributed by atoms with van der Waals surface area (Å²) in [5.41, 5.74) is 0. The van der Waals surface area contributed by atoms with E-state index in [0.29, 0.717) is 0 Å².